The molecular formula is C12H18Cl2N2O2S. The number of piperidine rings is 1. The first kappa shape index (κ1) is 16.7. The van der Waals surface area contributed by atoms with E-state index in [1.54, 1.807) is 12.1 Å². The maximum atomic E-state index is 12.1. The highest BCUT2D eigenvalue weighted by atomic mass is 35.5. The number of rotatable bonds is 4. The van der Waals surface area contributed by atoms with Gasteiger partial charge in [0, 0.05) is 6.20 Å². The van der Waals surface area contributed by atoms with Crippen LogP contribution in [0.5, 0.6) is 0 Å². The molecule has 0 saturated carbocycles. The zero-order chi connectivity index (χ0) is 13.0. The Bertz CT molecular complexity index is 485. The van der Waals surface area contributed by atoms with Gasteiger partial charge < -0.3 is 5.32 Å². The highest BCUT2D eigenvalue weighted by Gasteiger charge is 2.21. The second kappa shape index (κ2) is 7.43. The van der Waals surface area contributed by atoms with E-state index in [0.29, 0.717) is 10.7 Å². The Kier molecular flexibility index (Phi) is 6.53. The minimum Gasteiger partial charge on any atom is -0.316 e. The van der Waals surface area contributed by atoms with Gasteiger partial charge in [-0.1, -0.05) is 17.7 Å². The van der Waals surface area contributed by atoms with E-state index in [-0.39, 0.29) is 29.8 Å². The highest BCUT2D eigenvalue weighted by Crippen LogP contribution is 2.16. The topological polar surface area (TPSA) is 59.1 Å². The molecular weight excluding hydrogens is 307 g/mol. The molecule has 0 amide bonds. The number of sulfone groups is 1. The molecule has 1 aliphatic rings. The van der Waals surface area contributed by atoms with Crippen molar-refractivity contribution in [3.8, 4) is 0 Å². The third-order valence-corrected chi connectivity index (χ3v) is 5.04. The fourth-order valence-corrected chi connectivity index (χ4v) is 4.14. The molecule has 1 N–H and O–H groups in total. The number of nitrogens with one attached hydrogen (secondary N) is 1. The Balaban J connectivity index is 0.00000180. The van der Waals surface area contributed by atoms with Crippen LogP contribution >= 0.6 is 24.0 Å². The number of halogens is 2. The number of nitrogens with zero attached hydrogens (tertiary/aromatic N) is 1. The van der Waals surface area contributed by atoms with Crippen LogP contribution in [0.3, 0.4) is 0 Å². The van der Waals surface area contributed by atoms with E-state index in [9.17, 15) is 8.42 Å². The first-order valence-corrected chi connectivity index (χ1v) is 8.27. The molecule has 0 aliphatic carbocycles. The maximum Gasteiger partial charge on any atom is 0.154 e. The summed E-state index contributed by atoms with van der Waals surface area (Å²) in [4.78, 5) is 3.90. The summed E-state index contributed by atoms with van der Waals surface area (Å²) in [6.07, 6.45) is 3.58. The number of pyridine rings is 1. The number of aromatic nitrogens is 1. The molecule has 1 aromatic rings. The van der Waals surface area contributed by atoms with Gasteiger partial charge in [-0.05, 0) is 43.5 Å². The van der Waals surface area contributed by atoms with Gasteiger partial charge in [0.2, 0.25) is 0 Å². The first-order chi connectivity index (χ1) is 8.55. The second-order valence-electron chi connectivity index (χ2n) is 4.76. The Morgan fingerprint density at radius 3 is 2.79 bits per heavy atom. The summed E-state index contributed by atoms with van der Waals surface area (Å²) in [7, 11) is -3.07. The molecule has 1 aromatic heterocycles. The predicted octanol–water partition coefficient (Wildman–Crippen LogP) is 2.07. The molecule has 2 heterocycles. The highest BCUT2D eigenvalue weighted by molar-refractivity contribution is 7.90. The van der Waals surface area contributed by atoms with Gasteiger partial charge in [0.15, 0.2) is 9.84 Å². The standard InChI is InChI=1S/C12H17ClN2O2S.ClH/c13-12-4-3-11(7-15-12)9-18(16,17)8-10-2-1-5-14-6-10;/h3-4,7,10,14H,1-2,5-6,8-9H2;1H. The molecule has 7 heteroatoms. The van der Waals surface area contributed by atoms with Crippen LogP contribution in [-0.4, -0.2) is 32.2 Å². The van der Waals surface area contributed by atoms with Crippen molar-refractivity contribution < 1.29 is 8.42 Å². The lowest BCUT2D eigenvalue weighted by Crippen LogP contribution is -2.34. The molecule has 0 radical (unpaired) electrons. The van der Waals surface area contributed by atoms with Gasteiger partial charge in [-0.25, -0.2) is 13.4 Å². The van der Waals surface area contributed by atoms with Crippen molar-refractivity contribution in [3.63, 3.8) is 0 Å². The van der Waals surface area contributed by atoms with Crippen molar-refractivity contribution in [1.29, 1.82) is 0 Å². The van der Waals surface area contributed by atoms with Crippen LogP contribution in [0.2, 0.25) is 5.15 Å². The molecule has 4 nitrogen and oxygen atoms in total. The van der Waals surface area contributed by atoms with Crippen LogP contribution in [0, 0.1) is 5.92 Å². The van der Waals surface area contributed by atoms with Crippen LogP contribution in [0.4, 0.5) is 0 Å². The molecule has 0 bridgehead atoms. The Hall–Kier alpha value is -0.360. The van der Waals surface area contributed by atoms with Crippen LogP contribution in [0.15, 0.2) is 18.3 Å². The van der Waals surface area contributed by atoms with Gasteiger partial charge in [-0.3, -0.25) is 0 Å². The van der Waals surface area contributed by atoms with E-state index < -0.39 is 9.84 Å². The van der Waals surface area contributed by atoms with E-state index in [1.165, 1.54) is 6.20 Å². The minimum atomic E-state index is -3.07. The van der Waals surface area contributed by atoms with Crippen molar-refractivity contribution in [2.75, 3.05) is 18.8 Å². The fourth-order valence-electron chi connectivity index (χ4n) is 2.23. The quantitative estimate of drug-likeness (QED) is 0.861. The average molecular weight is 325 g/mol. The predicted molar refractivity (Wildman–Crippen MR) is 79.6 cm³/mol. The average Bonchev–Trinajstić information content (AvgIpc) is 2.32. The first-order valence-electron chi connectivity index (χ1n) is 6.07. The van der Waals surface area contributed by atoms with E-state index >= 15 is 0 Å². The summed E-state index contributed by atoms with van der Waals surface area (Å²) in [6.45, 7) is 1.80. The maximum absolute atomic E-state index is 12.1. The normalized spacial score (nSPS) is 19.7. The summed E-state index contributed by atoms with van der Waals surface area (Å²) in [5.41, 5.74) is 0.697. The SMILES string of the molecule is Cl.O=S(=O)(Cc1ccc(Cl)nc1)CC1CCCNC1. The molecule has 1 aliphatic heterocycles. The third-order valence-electron chi connectivity index (χ3n) is 3.06. The molecule has 108 valence electrons. The van der Waals surface area contributed by atoms with Crippen molar-refractivity contribution >= 4 is 33.8 Å². The van der Waals surface area contributed by atoms with Crippen molar-refractivity contribution in [3.05, 3.63) is 29.0 Å². The van der Waals surface area contributed by atoms with Crippen LogP contribution in [-0.2, 0) is 15.6 Å². The molecule has 1 saturated heterocycles. The zero-order valence-electron chi connectivity index (χ0n) is 10.5. The van der Waals surface area contributed by atoms with Gasteiger partial charge in [0.25, 0.3) is 0 Å². The van der Waals surface area contributed by atoms with E-state index in [4.69, 9.17) is 11.6 Å². The molecule has 1 unspecified atom stereocenters. The summed E-state index contributed by atoms with van der Waals surface area (Å²) >= 11 is 5.67. The number of hydrogen-bond donors (Lipinski definition) is 1. The Labute approximate surface area is 125 Å². The molecule has 0 spiro atoms. The monoisotopic (exact) mass is 324 g/mol. The number of hydrogen-bond acceptors (Lipinski definition) is 4. The summed E-state index contributed by atoms with van der Waals surface area (Å²) in [5.74, 6) is 0.542. The third kappa shape index (κ3) is 5.65. The van der Waals surface area contributed by atoms with Gasteiger partial charge in [0.1, 0.15) is 5.15 Å². The van der Waals surface area contributed by atoms with E-state index in [2.05, 4.69) is 10.3 Å². The fraction of sp³-hybridized carbons (Fsp3) is 0.583. The van der Waals surface area contributed by atoms with E-state index in [1.807, 2.05) is 0 Å². The minimum absolute atomic E-state index is 0. The molecule has 2 rings (SSSR count). The Morgan fingerprint density at radius 2 is 2.21 bits per heavy atom. The van der Waals surface area contributed by atoms with Gasteiger partial charge in [0.05, 0.1) is 11.5 Å². The molecule has 0 aromatic carbocycles. The largest absolute Gasteiger partial charge is 0.316 e. The smallest absolute Gasteiger partial charge is 0.154 e. The summed E-state index contributed by atoms with van der Waals surface area (Å²) < 4.78 is 24.1. The van der Waals surface area contributed by atoms with Crippen LogP contribution < -0.4 is 5.32 Å². The van der Waals surface area contributed by atoms with Crippen molar-refractivity contribution in [2.24, 2.45) is 5.92 Å². The van der Waals surface area contributed by atoms with Crippen LogP contribution in [0.1, 0.15) is 18.4 Å². The zero-order valence-corrected chi connectivity index (χ0v) is 12.9. The van der Waals surface area contributed by atoms with Crippen molar-refractivity contribution in [2.45, 2.75) is 18.6 Å². The molecule has 1 atom stereocenters. The van der Waals surface area contributed by atoms with Gasteiger partial charge >= 0.3 is 0 Å². The second-order valence-corrected chi connectivity index (χ2v) is 7.25. The Morgan fingerprint density at radius 1 is 1.42 bits per heavy atom. The summed E-state index contributed by atoms with van der Waals surface area (Å²) in [6, 6.07) is 3.33. The molecule has 19 heavy (non-hydrogen) atoms. The lowest BCUT2D eigenvalue weighted by Gasteiger charge is -2.22. The van der Waals surface area contributed by atoms with Gasteiger partial charge in [-0.2, -0.15) is 0 Å². The van der Waals surface area contributed by atoms with E-state index in [0.717, 1.165) is 25.9 Å². The van der Waals surface area contributed by atoms with Crippen LogP contribution in [0.25, 0.3) is 0 Å². The molecule has 1 fully saturated rings. The lowest BCUT2D eigenvalue weighted by molar-refractivity contribution is 0.404. The van der Waals surface area contributed by atoms with Gasteiger partial charge in [-0.15, -0.1) is 12.4 Å². The van der Waals surface area contributed by atoms with Crippen molar-refractivity contribution in [1.82, 2.24) is 10.3 Å². The lowest BCUT2D eigenvalue weighted by atomic mass is 10.0. The summed E-state index contributed by atoms with van der Waals surface area (Å²) in [5, 5.41) is 3.62.